The van der Waals surface area contributed by atoms with Gasteiger partial charge in [0.25, 0.3) is 0 Å². The number of aliphatic hydroxyl groups is 1. The van der Waals surface area contributed by atoms with Crippen LogP contribution in [0.4, 0.5) is 0 Å². The van der Waals surface area contributed by atoms with Crippen molar-refractivity contribution in [3.63, 3.8) is 0 Å². The van der Waals surface area contributed by atoms with Crippen molar-refractivity contribution in [1.29, 1.82) is 0 Å². The second-order valence-corrected chi connectivity index (χ2v) is 6.97. The summed E-state index contributed by atoms with van der Waals surface area (Å²) in [7, 11) is 0. The van der Waals surface area contributed by atoms with E-state index >= 15 is 0 Å². The van der Waals surface area contributed by atoms with Gasteiger partial charge in [0.2, 0.25) is 0 Å². The summed E-state index contributed by atoms with van der Waals surface area (Å²) in [5.41, 5.74) is 1.42. The van der Waals surface area contributed by atoms with Gasteiger partial charge in [0, 0.05) is 29.8 Å². The van der Waals surface area contributed by atoms with Gasteiger partial charge in [0.15, 0.2) is 0 Å². The molecule has 19 heavy (non-hydrogen) atoms. The fraction of sp³-hybridized carbons (Fsp3) is 0.812. The molecule has 4 rings (SSSR count). The third-order valence-corrected chi connectivity index (χ3v) is 6.15. The van der Waals surface area contributed by atoms with Crippen LogP contribution in [0.15, 0.2) is 11.6 Å². The Balaban J connectivity index is 1.89. The molecule has 0 aromatic heterocycles. The van der Waals surface area contributed by atoms with Gasteiger partial charge in [-0.3, -0.25) is 9.69 Å². The summed E-state index contributed by atoms with van der Waals surface area (Å²) >= 11 is 0. The van der Waals surface area contributed by atoms with Crippen molar-refractivity contribution >= 4 is 5.78 Å². The van der Waals surface area contributed by atoms with Crippen LogP contribution in [-0.2, 0) is 4.79 Å². The summed E-state index contributed by atoms with van der Waals surface area (Å²) in [4.78, 5) is 15.1. The first kappa shape index (κ1) is 12.1. The van der Waals surface area contributed by atoms with Crippen molar-refractivity contribution in [2.75, 3.05) is 13.1 Å². The molecule has 0 aromatic carbocycles. The van der Waals surface area contributed by atoms with Gasteiger partial charge < -0.3 is 5.11 Å². The predicted molar refractivity (Wildman–Crippen MR) is 72.6 cm³/mol. The number of nitrogens with zero attached hydrogens (tertiary/aromatic N) is 1. The summed E-state index contributed by atoms with van der Waals surface area (Å²) in [5, 5.41) is 10.6. The Morgan fingerprint density at radius 3 is 3.11 bits per heavy atom. The number of carbonyl (C=O) groups is 1. The maximum absolute atomic E-state index is 12.5. The van der Waals surface area contributed by atoms with E-state index < -0.39 is 0 Å². The van der Waals surface area contributed by atoms with Crippen LogP contribution in [0, 0.1) is 17.8 Å². The first-order chi connectivity index (χ1) is 9.14. The molecule has 2 aliphatic heterocycles. The van der Waals surface area contributed by atoms with E-state index in [1.807, 2.05) is 0 Å². The molecular formula is C16H23NO2. The fourth-order valence-electron chi connectivity index (χ4n) is 5.50. The highest BCUT2D eigenvalue weighted by molar-refractivity contribution is 5.88. The minimum Gasteiger partial charge on any atom is -0.393 e. The van der Waals surface area contributed by atoms with E-state index in [4.69, 9.17) is 0 Å². The molecule has 2 bridgehead atoms. The topological polar surface area (TPSA) is 40.5 Å². The number of Topliss-reactive ketones (excluding diaryl/α,β-unsaturated/α-hetero) is 1. The number of hydrogen-bond donors (Lipinski definition) is 1. The van der Waals surface area contributed by atoms with Gasteiger partial charge in [-0.05, 0) is 44.2 Å². The maximum Gasteiger partial charge on any atom is 0.143 e. The highest BCUT2D eigenvalue weighted by Crippen LogP contribution is 2.57. The second kappa shape index (κ2) is 3.92. The first-order valence-corrected chi connectivity index (χ1v) is 7.82. The molecule has 2 aliphatic carbocycles. The summed E-state index contributed by atoms with van der Waals surface area (Å²) in [6.45, 7) is 4.35. The number of hydrogen-bond acceptors (Lipinski definition) is 3. The van der Waals surface area contributed by atoms with Crippen LogP contribution in [0.1, 0.15) is 39.0 Å². The highest BCUT2D eigenvalue weighted by atomic mass is 16.3. The molecule has 0 radical (unpaired) electrons. The molecule has 2 saturated carbocycles. The van der Waals surface area contributed by atoms with Crippen molar-refractivity contribution in [2.45, 2.75) is 50.7 Å². The molecule has 3 fully saturated rings. The van der Waals surface area contributed by atoms with E-state index in [1.165, 1.54) is 12.0 Å². The van der Waals surface area contributed by atoms with E-state index in [2.05, 4.69) is 17.9 Å². The zero-order valence-electron chi connectivity index (χ0n) is 11.6. The maximum atomic E-state index is 12.5. The van der Waals surface area contributed by atoms with E-state index in [9.17, 15) is 9.90 Å². The van der Waals surface area contributed by atoms with Crippen LogP contribution < -0.4 is 0 Å². The van der Waals surface area contributed by atoms with Gasteiger partial charge in [0.1, 0.15) is 5.78 Å². The Kier molecular flexibility index (Phi) is 2.50. The number of piperidine rings is 1. The van der Waals surface area contributed by atoms with Gasteiger partial charge >= 0.3 is 0 Å². The average molecular weight is 261 g/mol. The Hall–Kier alpha value is -0.670. The summed E-state index contributed by atoms with van der Waals surface area (Å²) in [5.74, 6) is 0.910. The van der Waals surface area contributed by atoms with E-state index in [0.717, 1.165) is 32.4 Å². The molecule has 3 unspecified atom stereocenters. The molecule has 2 heterocycles. The van der Waals surface area contributed by atoms with Crippen LogP contribution >= 0.6 is 0 Å². The third kappa shape index (κ3) is 1.38. The average Bonchev–Trinajstić information content (AvgIpc) is 2.40. The molecule has 4 aliphatic rings. The van der Waals surface area contributed by atoms with Crippen LogP contribution in [0.3, 0.4) is 0 Å². The van der Waals surface area contributed by atoms with Gasteiger partial charge in [0.05, 0.1) is 6.10 Å². The largest absolute Gasteiger partial charge is 0.393 e. The van der Waals surface area contributed by atoms with Crippen LogP contribution in [0.5, 0.6) is 0 Å². The standard InChI is InChI=1S/C16H23NO2/c1-10-9-16-12-4-2-6-17(16)7-3-5-13(16)14(18)8-11(12)15(10)19/h4,10-11,13-14,18H,2-3,5-9H2,1H3/t10?,11-,13?,14?,16+/m0/s1. The zero-order valence-corrected chi connectivity index (χ0v) is 11.6. The van der Waals surface area contributed by atoms with Crippen molar-refractivity contribution in [3.05, 3.63) is 11.6 Å². The Labute approximate surface area is 114 Å². The Morgan fingerprint density at radius 1 is 1.42 bits per heavy atom. The van der Waals surface area contributed by atoms with E-state index in [1.54, 1.807) is 0 Å². The second-order valence-electron chi connectivity index (χ2n) is 6.97. The fourth-order valence-corrected chi connectivity index (χ4v) is 5.50. The smallest absolute Gasteiger partial charge is 0.143 e. The zero-order chi connectivity index (χ0) is 13.2. The van der Waals surface area contributed by atoms with Gasteiger partial charge in [-0.2, -0.15) is 0 Å². The van der Waals surface area contributed by atoms with Crippen molar-refractivity contribution in [2.24, 2.45) is 17.8 Å². The van der Waals surface area contributed by atoms with Gasteiger partial charge in [-0.1, -0.05) is 13.0 Å². The van der Waals surface area contributed by atoms with E-state index in [0.29, 0.717) is 18.1 Å². The predicted octanol–water partition coefficient (Wildman–Crippen LogP) is 1.76. The minimum absolute atomic E-state index is 0.0101. The molecule has 3 nitrogen and oxygen atoms in total. The SMILES string of the molecule is CC1C[C@]23C4=CCCN2CCCC3C(O)C[C@@H]4C1=O. The van der Waals surface area contributed by atoms with Crippen molar-refractivity contribution in [1.82, 2.24) is 4.90 Å². The molecule has 1 N–H and O–H groups in total. The number of aliphatic hydroxyl groups excluding tert-OH is 1. The van der Waals surface area contributed by atoms with Gasteiger partial charge in [-0.25, -0.2) is 0 Å². The minimum atomic E-state index is -0.278. The monoisotopic (exact) mass is 261 g/mol. The molecule has 0 aromatic rings. The van der Waals surface area contributed by atoms with Crippen LogP contribution in [0.2, 0.25) is 0 Å². The lowest BCUT2D eigenvalue weighted by Gasteiger charge is -2.63. The number of ketones is 1. The molecule has 0 amide bonds. The molecule has 1 spiro atoms. The Bertz CT molecular complexity index is 458. The summed E-state index contributed by atoms with van der Waals surface area (Å²) in [6, 6.07) is 0. The van der Waals surface area contributed by atoms with Crippen LogP contribution in [-0.4, -0.2) is 40.5 Å². The molecule has 5 atom stereocenters. The van der Waals surface area contributed by atoms with E-state index in [-0.39, 0.29) is 23.5 Å². The quantitative estimate of drug-likeness (QED) is 0.675. The lowest BCUT2D eigenvalue weighted by Crippen LogP contribution is -2.69. The van der Waals surface area contributed by atoms with Crippen LogP contribution in [0.25, 0.3) is 0 Å². The molecular weight excluding hydrogens is 238 g/mol. The molecule has 104 valence electrons. The normalized spacial score (nSPS) is 49.6. The van der Waals surface area contributed by atoms with Crippen molar-refractivity contribution < 1.29 is 9.90 Å². The lowest BCUT2D eigenvalue weighted by atomic mass is 9.51. The number of rotatable bonds is 0. The Morgan fingerprint density at radius 2 is 2.26 bits per heavy atom. The lowest BCUT2D eigenvalue weighted by molar-refractivity contribution is -0.146. The molecule has 1 saturated heterocycles. The molecule has 3 heteroatoms. The third-order valence-electron chi connectivity index (χ3n) is 6.15. The number of carbonyl (C=O) groups excluding carboxylic acids is 1. The van der Waals surface area contributed by atoms with Crippen molar-refractivity contribution in [3.8, 4) is 0 Å². The highest BCUT2D eigenvalue weighted by Gasteiger charge is 2.61. The summed E-state index contributed by atoms with van der Waals surface area (Å²) < 4.78 is 0. The first-order valence-electron chi connectivity index (χ1n) is 7.82. The summed E-state index contributed by atoms with van der Waals surface area (Å²) in [6.07, 6.45) is 7.09. The van der Waals surface area contributed by atoms with Gasteiger partial charge in [-0.15, -0.1) is 0 Å².